The number of anilines is 1. The van der Waals surface area contributed by atoms with Gasteiger partial charge in [0.05, 0.1) is 23.2 Å². The quantitative estimate of drug-likeness (QED) is 0.303. The summed E-state index contributed by atoms with van der Waals surface area (Å²) in [7, 11) is -4.07. The number of hydrogen-bond donors (Lipinski definition) is 1. The van der Waals surface area contributed by atoms with Gasteiger partial charge in [-0.1, -0.05) is 90.5 Å². The first-order chi connectivity index (χ1) is 17.9. The van der Waals surface area contributed by atoms with Crippen molar-refractivity contribution in [3.63, 3.8) is 0 Å². The van der Waals surface area contributed by atoms with Crippen LogP contribution in [0, 0.1) is 6.92 Å². The third-order valence-corrected chi connectivity index (χ3v) is 7.68. The van der Waals surface area contributed by atoms with Gasteiger partial charge in [-0.15, -0.1) is 0 Å². The Kier molecular flexibility index (Phi) is 8.25. The second-order valence-corrected chi connectivity index (χ2v) is 10.4. The minimum absolute atomic E-state index is 0.0900. The molecule has 1 amide bonds. The maximum Gasteiger partial charge on any atom is 0.264 e. The van der Waals surface area contributed by atoms with Crippen molar-refractivity contribution in [2.75, 3.05) is 17.5 Å². The fourth-order valence-corrected chi connectivity index (χ4v) is 5.51. The molecule has 0 spiro atoms. The number of aryl methyl sites for hydroxylation is 1. The van der Waals surface area contributed by atoms with Crippen LogP contribution in [0.3, 0.4) is 0 Å². The highest BCUT2D eigenvalue weighted by atomic mass is 32.2. The van der Waals surface area contributed by atoms with E-state index in [1.807, 2.05) is 68.4 Å². The average Bonchev–Trinajstić information content (AvgIpc) is 2.92. The molecule has 0 saturated heterocycles. The van der Waals surface area contributed by atoms with Crippen molar-refractivity contribution in [1.82, 2.24) is 5.32 Å². The fourth-order valence-electron chi connectivity index (χ4n) is 4.06. The van der Waals surface area contributed by atoms with Gasteiger partial charge in [-0.25, -0.2) is 8.42 Å². The van der Waals surface area contributed by atoms with Gasteiger partial charge in [-0.05, 0) is 49.2 Å². The number of ether oxygens (including phenoxy) is 1. The number of hydrogen-bond acceptors (Lipinski definition) is 4. The number of carbonyl (C=O) groups excluding carboxylic acids is 1. The monoisotopic (exact) mass is 514 g/mol. The van der Waals surface area contributed by atoms with Gasteiger partial charge >= 0.3 is 0 Å². The van der Waals surface area contributed by atoms with E-state index in [4.69, 9.17) is 4.74 Å². The van der Waals surface area contributed by atoms with Crippen molar-refractivity contribution >= 4 is 21.6 Å². The van der Waals surface area contributed by atoms with E-state index in [0.29, 0.717) is 18.0 Å². The van der Waals surface area contributed by atoms with Gasteiger partial charge in [0.25, 0.3) is 10.0 Å². The number of amides is 1. The van der Waals surface area contributed by atoms with Crippen LogP contribution in [0.5, 0.6) is 5.75 Å². The lowest BCUT2D eigenvalue weighted by Crippen LogP contribution is -2.42. The molecule has 0 saturated carbocycles. The Morgan fingerprint density at radius 2 is 1.38 bits per heavy atom. The summed E-state index contributed by atoms with van der Waals surface area (Å²) in [4.78, 5) is 13.6. The van der Waals surface area contributed by atoms with E-state index >= 15 is 0 Å². The molecule has 0 aliphatic carbocycles. The van der Waals surface area contributed by atoms with Crippen LogP contribution in [0.1, 0.15) is 29.7 Å². The SMILES string of the molecule is CCOc1ccccc1N(CC(=O)N[C@@H](c1ccccc1)c1ccc(C)cc1)S(=O)(=O)c1ccccc1. The highest BCUT2D eigenvalue weighted by Gasteiger charge is 2.30. The summed E-state index contributed by atoms with van der Waals surface area (Å²) in [6, 6.07) is 32.0. The van der Waals surface area contributed by atoms with Crippen LogP contribution in [0.4, 0.5) is 5.69 Å². The fraction of sp³-hybridized carbons (Fsp3) is 0.167. The third kappa shape index (κ3) is 6.19. The van der Waals surface area contributed by atoms with Crippen molar-refractivity contribution in [3.8, 4) is 5.75 Å². The summed E-state index contributed by atoms with van der Waals surface area (Å²) in [5.74, 6) is -0.0596. The van der Waals surface area contributed by atoms with Gasteiger partial charge in [0, 0.05) is 0 Å². The molecule has 4 aromatic carbocycles. The lowest BCUT2D eigenvalue weighted by molar-refractivity contribution is -0.120. The summed E-state index contributed by atoms with van der Waals surface area (Å²) >= 11 is 0. The Hall–Kier alpha value is -4.10. The highest BCUT2D eigenvalue weighted by molar-refractivity contribution is 7.92. The Morgan fingerprint density at radius 1 is 0.811 bits per heavy atom. The van der Waals surface area contributed by atoms with E-state index in [1.54, 1.807) is 42.5 Å². The Balaban J connectivity index is 1.71. The predicted molar refractivity (Wildman–Crippen MR) is 146 cm³/mol. The molecule has 0 bridgehead atoms. The number of nitrogens with one attached hydrogen (secondary N) is 1. The van der Waals surface area contributed by atoms with E-state index in [1.165, 1.54) is 12.1 Å². The van der Waals surface area contributed by atoms with Crippen molar-refractivity contribution < 1.29 is 17.9 Å². The molecule has 4 aromatic rings. The Bertz CT molecular complexity index is 1420. The molecule has 190 valence electrons. The summed E-state index contributed by atoms with van der Waals surface area (Å²) in [6.45, 7) is 3.76. The zero-order valence-corrected chi connectivity index (χ0v) is 21.7. The number of nitrogens with zero attached hydrogens (tertiary/aromatic N) is 1. The standard InChI is InChI=1S/C30H30N2O4S/c1-3-36-28-17-11-10-16-27(28)32(37(34,35)26-14-8-5-9-15-26)22-29(33)31-30(24-12-6-4-7-13-24)25-20-18-23(2)19-21-25/h4-21,30H,3,22H2,1-2H3,(H,31,33)/t30-/m0/s1. The molecule has 6 nitrogen and oxygen atoms in total. The Labute approximate surface area is 218 Å². The molecule has 37 heavy (non-hydrogen) atoms. The van der Waals surface area contributed by atoms with Crippen molar-refractivity contribution in [3.05, 3.63) is 126 Å². The average molecular weight is 515 g/mol. The molecule has 4 rings (SSSR count). The van der Waals surface area contributed by atoms with Crippen LogP contribution < -0.4 is 14.4 Å². The van der Waals surface area contributed by atoms with Crippen LogP contribution in [-0.4, -0.2) is 27.5 Å². The minimum Gasteiger partial charge on any atom is -0.492 e. The number of benzene rings is 4. The molecule has 0 unspecified atom stereocenters. The number of rotatable bonds is 10. The molecule has 1 N–H and O–H groups in total. The summed E-state index contributed by atoms with van der Waals surface area (Å²) in [5, 5.41) is 3.06. The van der Waals surface area contributed by atoms with E-state index < -0.39 is 28.5 Å². The minimum atomic E-state index is -4.07. The Morgan fingerprint density at radius 3 is 2.03 bits per heavy atom. The molecule has 7 heteroatoms. The number of carbonyl (C=O) groups is 1. The van der Waals surface area contributed by atoms with Crippen LogP contribution in [0.2, 0.25) is 0 Å². The molecule has 0 radical (unpaired) electrons. The lowest BCUT2D eigenvalue weighted by atomic mass is 9.98. The molecule has 1 atom stereocenters. The maximum absolute atomic E-state index is 13.8. The van der Waals surface area contributed by atoms with Gasteiger partial charge in [0.1, 0.15) is 12.3 Å². The first-order valence-electron chi connectivity index (χ1n) is 12.1. The largest absolute Gasteiger partial charge is 0.492 e. The first kappa shape index (κ1) is 26.0. The molecule has 0 fully saturated rings. The van der Waals surface area contributed by atoms with Gasteiger partial charge in [0.2, 0.25) is 5.91 Å². The zero-order chi connectivity index (χ0) is 26.3. The zero-order valence-electron chi connectivity index (χ0n) is 20.9. The topological polar surface area (TPSA) is 75.7 Å². The summed E-state index contributed by atoms with van der Waals surface area (Å²) in [6.07, 6.45) is 0. The van der Waals surface area contributed by atoms with Gasteiger partial charge in [-0.2, -0.15) is 0 Å². The van der Waals surface area contributed by atoms with Gasteiger partial charge < -0.3 is 10.1 Å². The van der Waals surface area contributed by atoms with Crippen LogP contribution in [-0.2, 0) is 14.8 Å². The maximum atomic E-state index is 13.8. The van der Waals surface area contributed by atoms with Crippen molar-refractivity contribution in [2.24, 2.45) is 0 Å². The third-order valence-electron chi connectivity index (χ3n) is 5.90. The van der Waals surface area contributed by atoms with E-state index in [0.717, 1.165) is 21.0 Å². The van der Waals surface area contributed by atoms with Gasteiger partial charge in [-0.3, -0.25) is 9.10 Å². The van der Waals surface area contributed by atoms with Crippen LogP contribution >= 0.6 is 0 Å². The van der Waals surface area contributed by atoms with Crippen LogP contribution in [0.15, 0.2) is 114 Å². The number of sulfonamides is 1. The van der Waals surface area contributed by atoms with E-state index in [-0.39, 0.29) is 4.90 Å². The van der Waals surface area contributed by atoms with E-state index in [9.17, 15) is 13.2 Å². The second kappa shape index (κ2) is 11.8. The number of para-hydroxylation sites is 2. The first-order valence-corrected chi connectivity index (χ1v) is 13.5. The highest BCUT2D eigenvalue weighted by Crippen LogP contribution is 2.32. The molecular formula is C30H30N2O4S. The van der Waals surface area contributed by atoms with E-state index in [2.05, 4.69) is 5.32 Å². The molecule has 0 aliphatic heterocycles. The van der Waals surface area contributed by atoms with Gasteiger partial charge in [0.15, 0.2) is 0 Å². The van der Waals surface area contributed by atoms with Crippen molar-refractivity contribution in [1.29, 1.82) is 0 Å². The van der Waals surface area contributed by atoms with Crippen LogP contribution in [0.25, 0.3) is 0 Å². The molecule has 0 aliphatic rings. The second-order valence-electron chi connectivity index (χ2n) is 8.55. The predicted octanol–water partition coefficient (Wildman–Crippen LogP) is 5.49. The van der Waals surface area contributed by atoms with Crippen molar-refractivity contribution in [2.45, 2.75) is 24.8 Å². The lowest BCUT2D eigenvalue weighted by Gasteiger charge is -2.27. The smallest absolute Gasteiger partial charge is 0.264 e. The summed E-state index contributed by atoms with van der Waals surface area (Å²) < 4.78 is 34.4. The molecule has 0 heterocycles. The molecule has 0 aromatic heterocycles. The molecular weight excluding hydrogens is 484 g/mol. The summed E-state index contributed by atoms with van der Waals surface area (Å²) in [5.41, 5.74) is 3.20. The normalized spacial score (nSPS) is 11.9.